The fourth-order valence-electron chi connectivity index (χ4n) is 5.67. The summed E-state index contributed by atoms with van der Waals surface area (Å²) in [6.07, 6.45) is -0.951. The van der Waals surface area contributed by atoms with Crippen LogP contribution in [0, 0.1) is 17.2 Å². The van der Waals surface area contributed by atoms with Gasteiger partial charge in [0, 0.05) is 55.5 Å². The quantitative estimate of drug-likeness (QED) is 0.460. The van der Waals surface area contributed by atoms with Gasteiger partial charge in [0.05, 0.1) is 23.8 Å². The first-order valence-electron chi connectivity index (χ1n) is 13.8. The standard InChI is InChI=1S/C31H31F3N4O5/c1-4-43-30(42)37-16-14-36(15-17-37)28(40)27-26(22-10-8-21(18-35)9-11-22)25(20(3)39)19(2)38(29(27)41)24-7-5-6-23(12-13-24)31(32,33)34/h5-12,26-27H,4,13-17H2,1-3H3. The van der Waals surface area contributed by atoms with E-state index in [2.05, 4.69) is 0 Å². The zero-order valence-electron chi connectivity index (χ0n) is 24.0. The number of halogens is 3. The van der Waals surface area contributed by atoms with E-state index in [0.717, 1.165) is 12.2 Å². The fraction of sp³-hybridized carbons (Fsp3) is 0.387. The summed E-state index contributed by atoms with van der Waals surface area (Å²) in [5, 5.41) is 9.28. The Kier molecular flexibility index (Phi) is 9.23. The second-order valence-corrected chi connectivity index (χ2v) is 10.3. The summed E-state index contributed by atoms with van der Waals surface area (Å²) in [6.45, 7) is 5.30. The predicted octanol–water partition coefficient (Wildman–Crippen LogP) is 4.60. The largest absolute Gasteiger partial charge is 0.450 e. The van der Waals surface area contributed by atoms with E-state index in [-0.39, 0.29) is 56.2 Å². The van der Waals surface area contributed by atoms with Gasteiger partial charge >= 0.3 is 12.3 Å². The molecule has 4 rings (SSSR count). The molecule has 0 saturated carbocycles. The molecule has 12 heteroatoms. The van der Waals surface area contributed by atoms with Crippen molar-refractivity contribution >= 4 is 23.7 Å². The molecule has 0 N–H and O–H groups in total. The number of hydrogen-bond acceptors (Lipinski definition) is 6. The smallest absolute Gasteiger partial charge is 0.416 e. The highest BCUT2D eigenvalue weighted by Gasteiger charge is 2.49. The number of alkyl halides is 3. The molecule has 1 aromatic carbocycles. The molecule has 3 amide bonds. The number of carbonyl (C=O) groups excluding carboxylic acids is 4. The van der Waals surface area contributed by atoms with Crippen LogP contribution >= 0.6 is 0 Å². The van der Waals surface area contributed by atoms with E-state index in [1.165, 1.54) is 52.8 Å². The number of carbonyl (C=O) groups is 4. The Morgan fingerprint density at radius 2 is 1.70 bits per heavy atom. The minimum Gasteiger partial charge on any atom is -0.450 e. The van der Waals surface area contributed by atoms with Crippen LogP contribution in [-0.2, 0) is 19.1 Å². The van der Waals surface area contributed by atoms with Gasteiger partial charge in [0.25, 0.3) is 0 Å². The fourth-order valence-corrected chi connectivity index (χ4v) is 5.67. The van der Waals surface area contributed by atoms with Gasteiger partial charge in [-0.15, -0.1) is 0 Å². The molecule has 0 aromatic heterocycles. The maximum atomic E-state index is 14.3. The van der Waals surface area contributed by atoms with E-state index in [1.807, 2.05) is 6.07 Å². The molecule has 1 aliphatic carbocycles. The lowest BCUT2D eigenvalue weighted by molar-refractivity contribution is -0.148. The molecule has 0 bridgehead atoms. The third kappa shape index (κ3) is 6.40. The summed E-state index contributed by atoms with van der Waals surface area (Å²) in [4.78, 5) is 58.0. The van der Waals surface area contributed by atoms with Crippen LogP contribution in [0.15, 0.2) is 71.1 Å². The number of benzene rings is 1. The Balaban J connectivity index is 1.78. The topological polar surface area (TPSA) is 111 Å². The maximum absolute atomic E-state index is 14.3. The van der Waals surface area contributed by atoms with Crippen LogP contribution in [0.25, 0.3) is 0 Å². The molecule has 2 atom stereocenters. The summed E-state index contributed by atoms with van der Waals surface area (Å²) < 4.78 is 45.3. The van der Waals surface area contributed by atoms with Crippen molar-refractivity contribution in [2.45, 2.75) is 39.3 Å². The summed E-state index contributed by atoms with van der Waals surface area (Å²) in [5.74, 6) is -4.10. The van der Waals surface area contributed by atoms with Gasteiger partial charge in [-0.1, -0.05) is 30.4 Å². The van der Waals surface area contributed by atoms with Crippen molar-refractivity contribution in [1.82, 2.24) is 14.7 Å². The molecule has 1 saturated heterocycles. The van der Waals surface area contributed by atoms with Gasteiger partial charge in [0.1, 0.15) is 5.92 Å². The third-order valence-corrected chi connectivity index (χ3v) is 7.73. The molecular weight excluding hydrogens is 565 g/mol. The SMILES string of the molecule is CCOC(=O)N1CCN(C(=O)C2C(=O)N(C3=CC=CC(C(F)(F)F)=CC3)C(C)=C(C(C)=O)C2c2ccc(C#N)cc2)CC1. The molecule has 2 aliphatic heterocycles. The number of ketones is 1. The Hall–Kier alpha value is -4.66. The molecule has 1 aromatic rings. The van der Waals surface area contributed by atoms with Crippen LogP contribution in [-0.4, -0.2) is 77.4 Å². The predicted molar refractivity (Wildman–Crippen MR) is 149 cm³/mol. The van der Waals surface area contributed by atoms with Crippen molar-refractivity contribution in [2.75, 3.05) is 32.8 Å². The lowest BCUT2D eigenvalue weighted by atomic mass is 9.73. The number of nitriles is 1. The molecule has 2 heterocycles. The first kappa shape index (κ1) is 31.3. The Labute approximate surface area is 247 Å². The normalized spacial score (nSPS) is 21.1. The van der Waals surface area contributed by atoms with Crippen LogP contribution in [0.2, 0.25) is 0 Å². The van der Waals surface area contributed by atoms with Crippen molar-refractivity contribution in [3.63, 3.8) is 0 Å². The summed E-state index contributed by atoms with van der Waals surface area (Å²) in [6, 6.07) is 8.25. The molecule has 2 unspecified atom stereocenters. The first-order valence-corrected chi connectivity index (χ1v) is 13.8. The Morgan fingerprint density at radius 3 is 2.26 bits per heavy atom. The van der Waals surface area contributed by atoms with E-state index < -0.39 is 47.3 Å². The number of Topliss-reactive ketones (excluding diaryl/α,β-unsaturated/α-hetero) is 1. The van der Waals surface area contributed by atoms with Crippen LogP contribution < -0.4 is 0 Å². The highest BCUT2D eigenvalue weighted by molar-refractivity contribution is 6.08. The van der Waals surface area contributed by atoms with E-state index in [0.29, 0.717) is 11.1 Å². The van der Waals surface area contributed by atoms with Crippen LogP contribution in [0.5, 0.6) is 0 Å². The number of rotatable bonds is 5. The van der Waals surface area contributed by atoms with E-state index in [4.69, 9.17) is 4.74 Å². The minimum absolute atomic E-state index is 0.114. The zero-order valence-corrected chi connectivity index (χ0v) is 24.0. The van der Waals surface area contributed by atoms with Gasteiger partial charge in [0.2, 0.25) is 11.8 Å². The molecule has 9 nitrogen and oxygen atoms in total. The summed E-state index contributed by atoms with van der Waals surface area (Å²) in [5.41, 5.74) is 0.500. The number of allylic oxidation sites excluding steroid dienone is 7. The minimum atomic E-state index is -4.59. The molecule has 226 valence electrons. The maximum Gasteiger partial charge on any atom is 0.416 e. The van der Waals surface area contributed by atoms with Crippen molar-refractivity contribution in [2.24, 2.45) is 5.92 Å². The molecule has 43 heavy (non-hydrogen) atoms. The van der Waals surface area contributed by atoms with E-state index >= 15 is 0 Å². The first-order chi connectivity index (χ1) is 20.4. The highest BCUT2D eigenvalue weighted by atomic mass is 19.4. The Bertz CT molecular complexity index is 1480. The van der Waals surface area contributed by atoms with Gasteiger partial charge in [-0.2, -0.15) is 18.4 Å². The van der Waals surface area contributed by atoms with Crippen molar-refractivity contribution < 1.29 is 37.1 Å². The average molecular weight is 597 g/mol. The number of nitrogens with zero attached hydrogens (tertiary/aromatic N) is 4. The number of piperazine rings is 1. The number of amides is 3. The molecule has 0 radical (unpaired) electrons. The van der Waals surface area contributed by atoms with Crippen molar-refractivity contribution in [3.8, 4) is 6.07 Å². The molecule has 3 aliphatic rings. The average Bonchev–Trinajstić information content (AvgIpc) is 3.23. The van der Waals surface area contributed by atoms with E-state index in [1.54, 1.807) is 19.1 Å². The van der Waals surface area contributed by atoms with Gasteiger partial charge in [0.15, 0.2) is 5.78 Å². The highest BCUT2D eigenvalue weighted by Crippen LogP contribution is 2.44. The van der Waals surface area contributed by atoms with Crippen LogP contribution in [0.1, 0.15) is 44.2 Å². The van der Waals surface area contributed by atoms with Gasteiger partial charge in [-0.3, -0.25) is 19.3 Å². The second kappa shape index (κ2) is 12.7. The number of ether oxygens (including phenoxy) is 1. The lowest BCUT2D eigenvalue weighted by Gasteiger charge is -2.43. The third-order valence-electron chi connectivity index (χ3n) is 7.73. The molecule has 0 spiro atoms. The molecule has 1 fully saturated rings. The monoisotopic (exact) mass is 596 g/mol. The number of hydrogen-bond donors (Lipinski definition) is 0. The Morgan fingerprint density at radius 1 is 1.07 bits per heavy atom. The zero-order chi connectivity index (χ0) is 31.5. The van der Waals surface area contributed by atoms with E-state index in [9.17, 15) is 37.6 Å². The summed E-state index contributed by atoms with van der Waals surface area (Å²) >= 11 is 0. The van der Waals surface area contributed by atoms with Gasteiger partial charge < -0.3 is 14.5 Å². The van der Waals surface area contributed by atoms with Crippen LogP contribution in [0.3, 0.4) is 0 Å². The lowest BCUT2D eigenvalue weighted by Crippen LogP contribution is -2.56. The van der Waals surface area contributed by atoms with Gasteiger partial charge in [-0.05, 0) is 44.5 Å². The second-order valence-electron chi connectivity index (χ2n) is 10.3. The van der Waals surface area contributed by atoms with Crippen molar-refractivity contribution in [3.05, 3.63) is 82.2 Å². The van der Waals surface area contributed by atoms with Crippen molar-refractivity contribution in [1.29, 1.82) is 5.26 Å². The van der Waals surface area contributed by atoms with Gasteiger partial charge in [-0.25, -0.2) is 4.79 Å². The molecular formula is C31H31F3N4O5. The summed E-state index contributed by atoms with van der Waals surface area (Å²) in [7, 11) is 0. The van der Waals surface area contributed by atoms with Crippen LogP contribution in [0.4, 0.5) is 18.0 Å².